The molecule has 0 radical (unpaired) electrons. The minimum absolute atomic E-state index is 0.155. The first-order valence-corrected chi connectivity index (χ1v) is 7.55. The number of nitrogens with one attached hydrogen (secondary N) is 1. The van der Waals surface area contributed by atoms with Gasteiger partial charge in [0.25, 0.3) is 0 Å². The Balaban J connectivity index is 1.78. The lowest BCUT2D eigenvalue weighted by atomic mass is 10.00. The van der Waals surface area contributed by atoms with E-state index in [2.05, 4.69) is 48.5 Å². The van der Waals surface area contributed by atoms with Gasteiger partial charge in [-0.25, -0.2) is 0 Å². The maximum Gasteiger partial charge on any atom is 0.0645 e. The lowest BCUT2D eigenvalue weighted by molar-refractivity contribution is -0.0682. The quantitative estimate of drug-likeness (QED) is 0.887. The van der Waals surface area contributed by atoms with Crippen molar-refractivity contribution in [3.63, 3.8) is 0 Å². The summed E-state index contributed by atoms with van der Waals surface area (Å²) < 4.78 is 5.57. The number of ether oxygens (including phenoxy) is 1. The van der Waals surface area contributed by atoms with E-state index in [0.717, 1.165) is 32.8 Å². The van der Waals surface area contributed by atoms with E-state index in [9.17, 15) is 0 Å². The molecule has 0 saturated carbocycles. The minimum Gasteiger partial charge on any atom is -0.378 e. The molecule has 2 heterocycles. The topological polar surface area (TPSA) is 24.5 Å². The maximum atomic E-state index is 5.57. The zero-order valence-corrected chi connectivity index (χ0v) is 12.4. The Morgan fingerprint density at radius 3 is 3.06 bits per heavy atom. The van der Waals surface area contributed by atoms with Crippen molar-refractivity contribution < 1.29 is 4.74 Å². The van der Waals surface area contributed by atoms with Crippen molar-refractivity contribution in [1.82, 2.24) is 10.2 Å². The molecule has 3 nitrogen and oxygen atoms in total. The van der Waals surface area contributed by atoms with Crippen molar-refractivity contribution in [2.45, 2.75) is 38.9 Å². The third-order valence-electron chi connectivity index (χ3n) is 3.56. The number of hydrogen-bond donors (Lipinski definition) is 1. The fraction of sp³-hybridized carbons (Fsp3) is 0.714. The second-order valence-corrected chi connectivity index (χ2v) is 6.65. The zero-order chi connectivity index (χ0) is 13.0. The second-order valence-electron chi connectivity index (χ2n) is 5.62. The molecular formula is C14H24N2OS. The van der Waals surface area contributed by atoms with Crippen LogP contribution >= 0.6 is 11.3 Å². The van der Waals surface area contributed by atoms with Crippen LogP contribution in [0.1, 0.15) is 25.6 Å². The first-order valence-electron chi connectivity index (χ1n) is 6.67. The molecule has 1 aliphatic heterocycles. The SMILES string of the molecule is CC(CNCc1cccs1)N1CCOCC1(C)C. The van der Waals surface area contributed by atoms with Crippen molar-refractivity contribution in [3.8, 4) is 0 Å². The van der Waals surface area contributed by atoms with E-state index < -0.39 is 0 Å². The van der Waals surface area contributed by atoms with Gasteiger partial charge < -0.3 is 10.1 Å². The Bertz CT molecular complexity index is 351. The van der Waals surface area contributed by atoms with Gasteiger partial charge in [-0.05, 0) is 32.2 Å². The van der Waals surface area contributed by atoms with Crippen LogP contribution in [-0.4, -0.2) is 42.8 Å². The molecule has 1 N–H and O–H groups in total. The predicted octanol–water partition coefficient (Wildman–Crippen LogP) is 2.34. The highest BCUT2D eigenvalue weighted by atomic mass is 32.1. The van der Waals surface area contributed by atoms with Crippen LogP contribution in [0.25, 0.3) is 0 Å². The first kappa shape index (κ1) is 14.0. The van der Waals surface area contributed by atoms with Gasteiger partial charge in [0.05, 0.1) is 13.2 Å². The summed E-state index contributed by atoms with van der Waals surface area (Å²) in [6.45, 7) is 11.6. The number of rotatable bonds is 5. The summed E-state index contributed by atoms with van der Waals surface area (Å²) in [6, 6.07) is 4.83. The van der Waals surface area contributed by atoms with E-state index in [0.29, 0.717) is 6.04 Å². The Morgan fingerprint density at radius 2 is 2.39 bits per heavy atom. The fourth-order valence-corrected chi connectivity index (χ4v) is 3.29. The van der Waals surface area contributed by atoms with Crippen LogP contribution in [0.2, 0.25) is 0 Å². The fourth-order valence-electron chi connectivity index (χ4n) is 2.62. The molecule has 1 aromatic heterocycles. The molecule has 102 valence electrons. The molecule has 1 atom stereocenters. The molecule has 0 aromatic carbocycles. The highest BCUT2D eigenvalue weighted by molar-refractivity contribution is 7.09. The van der Waals surface area contributed by atoms with E-state index in [1.807, 2.05) is 11.3 Å². The Kier molecular flexibility index (Phi) is 4.78. The summed E-state index contributed by atoms with van der Waals surface area (Å²) in [5.41, 5.74) is 0.155. The van der Waals surface area contributed by atoms with E-state index >= 15 is 0 Å². The molecule has 0 spiro atoms. The van der Waals surface area contributed by atoms with Gasteiger partial charge in [-0.3, -0.25) is 4.90 Å². The van der Waals surface area contributed by atoms with Crippen LogP contribution in [0.5, 0.6) is 0 Å². The van der Waals surface area contributed by atoms with Gasteiger partial charge in [0.15, 0.2) is 0 Å². The van der Waals surface area contributed by atoms with Crippen molar-refractivity contribution in [1.29, 1.82) is 0 Å². The van der Waals surface area contributed by atoms with Gasteiger partial charge in [-0.2, -0.15) is 0 Å². The third-order valence-corrected chi connectivity index (χ3v) is 4.44. The molecule has 1 saturated heterocycles. The summed E-state index contributed by atoms with van der Waals surface area (Å²) >= 11 is 1.81. The summed E-state index contributed by atoms with van der Waals surface area (Å²) in [5, 5.41) is 5.68. The second kappa shape index (κ2) is 6.15. The predicted molar refractivity (Wildman–Crippen MR) is 77.1 cm³/mol. The zero-order valence-electron chi connectivity index (χ0n) is 11.6. The Labute approximate surface area is 114 Å². The van der Waals surface area contributed by atoms with E-state index in [1.54, 1.807) is 0 Å². The minimum atomic E-state index is 0.155. The molecule has 1 unspecified atom stereocenters. The third kappa shape index (κ3) is 3.54. The van der Waals surface area contributed by atoms with Gasteiger partial charge in [0.1, 0.15) is 0 Å². The summed E-state index contributed by atoms with van der Waals surface area (Å²) in [4.78, 5) is 3.96. The standard InChI is InChI=1S/C14H24N2OS/c1-12(9-15-10-13-5-4-8-18-13)16-6-7-17-11-14(16,2)3/h4-5,8,12,15H,6-7,9-11H2,1-3H3. The largest absolute Gasteiger partial charge is 0.378 e. The number of nitrogens with zero attached hydrogens (tertiary/aromatic N) is 1. The summed E-state index contributed by atoms with van der Waals surface area (Å²) in [6.07, 6.45) is 0. The number of hydrogen-bond acceptors (Lipinski definition) is 4. The van der Waals surface area contributed by atoms with Gasteiger partial charge in [0, 0.05) is 36.1 Å². The van der Waals surface area contributed by atoms with Crippen molar-refractivity contribution in [2.24, 2.45) is 0 Å². The van der Waals surface area contributed by atoms with E-state index in [4.69, 9.17) is 4.74 Å². The van der Waals surface area contributed by atoms with Crippen LogP contribution in [0, 0.1) is 0 Å². The van der Waals surface area contributed by atoms with Crippen molar-refractivity contribution in [3.05, 3.63) is 22.4 Å². The molecule has 1 aromatic rings. The lowest BCUT2D eigenvalue weighted by Gasteiger charge is -2.45. The van der Waals surface area contributed by atoms with Crippen LogP contribution in [0.4, 0.5) is 0 Å². The van der Waals surface area contributed by atoms with E-state index in [-0.39, 0.29) is 5.54 Å². The lowest BCUT2D eigenvalue weighted by Crippen LogP contribution is -2.58. The van der Waals surface area contributed by atoms with Gasteiger partial charge in [0.2, 0.25) is 0 Å². The molecule has 1 fully saturated rings. The van der Waals surface area contributed by atoms with Crippen LogP contribution < -0.4 is 5.32 Å². The average molecular weight is 268 g/mol. The molecule has 1 aliphatic rings. The molecule has 0 aliphatic carbocycles. The molecule has 2 rings (SSSR count). The molecule has 0 amide bonds. The van der Waals surface area contributed by atoms with Crippen LogP contribution in [0.3, 0.4) is 0 Å². The molecule has 4 heteroatoms. The van der Waals surface area contributed by atoms with E-state index in [1.165, 1.54) is 4.88 Å². The van der Waals surface area contributed by atoms with Crippen LogP contribution in [0.15, 0.2) is 17.5 Å². The number of thiophene rings is 1. The van der Waals surface area contributed by atoms with Crippen LogP contribution in [-0.2, 0) is 11.3 Å². The van der Waals surface area contributed by atoms with Gasteiger partial charge in [-0.1, -0.05) is 6.07 Å². The van der Waals surface area contributed by atoms with Gasteiger partial charge >= 0.3 is 0 Å². The number of morpholine rings is 1. The van der Waals surface area contributed by atoms with Crippen molar-refractivity contribution >= 4 is 11.3 Å². The molecular weight excluding hydrogens is 244 g/mol. The average Bonchev–Trinajstić information content (AvgIpc) is 2.81. The summed E-state index contributed by atoms with van der Waals surface area (Å²) in [5.74, 6) is 0. The maximum absolute atomic E-state index is 5.57. The summed E-state index contributed by atoms with van der Waals surface area (Å²) in [7, 11) is 0. The monoisotopic (exact) mass is 268 g/mol. The normalized spacial score (nSPS) is 21.9. The smallest absolute Gasteiger partial charge is 0.0645 e. The molecule has 0 bridgehead atoms. The Hall–Kier alpha value is -0.420. The highest BCUT2D eigenvalue weighted by Gasteiger charge is 2.33. The Morgan fingerprint density at radius 1 is 1.56 bits per heavy atom. The van der Waals surface area contributed by atoms with Crippen molar-refractivity contribution in [2.75, 3.05) is 26.3 Å². The first-order chi connectivity index (χ1) is 8.59. The highest BCUT2D eigenvalue weighted by Crippen LogP contribution is 2.21. The molecule has 18 heavy (non-hydrogen) atoms. The van der Waals surface area contributed by atoms with Gasteiger partial charge in [-0.15, -0.1) is 11.3 Å².